The van der Waals surface area contributed by atoms with Gasteiger partial charge in [-0.2, -0.15) is 23.3 Å². The SMILES string of the molecule is CN(C1=NC(=O)/C(=C\c2ccc3c(cnn3Cc3ccc(Cl)cc3C(F)(F)F)c2)S1)[C@H]1CCN(CC(N)=O)C[C@H]1F. The highest BCUT2D eigenvalue weighted by Crippen LogP contribution is 2.35. The molecule has 2 aromatic carbocycles. The molecular weight excluding hydrogens is 584 g/mol. The third-order valence-electron chi connectivity index (χ3n) is 7.04. The first-order valence-corrected chi connectivity index (χ1v) is 13.8. The van der Waals surface area contributed by atoms with Crippen molar-refractivity contribution in [2.75, 3.05) is 26.7 Å². The molecule has 5 rings (SSSR count). The predicted molar refractivity (Wildman–Crippen MR) is 150 cm³/mol. The van der Waals surface area contributed by atoms with Crippen LogP contribution >= 0.6 is 23.4 Å². The van der Waals surface area contributed by atoms with E-state index in [2.05, 4.69) is 10.1 Å². The fraction of sp³-hybridized carbons (Fsp3) is 0.333. The third kappa shape index (κ3) is 6.41. The minimum absolute atomic E-state index is 0.00293. The molecule has 0 radical (unpaired) electrons. The quantitative estimate of drug-likeness (QED) is 0.326. The number of carbonyl (C=O) groups excluding carboxylic acids is 2. The lowest BCUT2D eigenvalue weighted by Crippen LogP contribution is -2.53. The van der Waals surface area contributed by atoms with Gasteiger partial charge in [0, 0.05) is 30.5 Å². The second-order valence-electron chi connectivity index (χ2n) is 9.91. The molecule has 1 saturated heterocycles. The molecule has 1 fully saturated rings. The number of carbonyl (C=O) groups is 2. The molecule has 2 atom stereocenters. The fourth-order valence-electron chi connectivity index (χ4n) is 5.03. The number of amides is 2. The molecule has 3 aromatic rings. The number of hydrogen-bond acceptors (Lipinski definition) is 6. The number of aromatic nitrogens is 2. The Morgan fingerprint density at radius 1 is 1.27 bits per heavy atom. The van der Waals surface area contributed by atoms with Gasteiger partial charge in [0.1, 0.15) is 6.17 Å². The Morgan fingerprint density at radius 2 is 2.05 bits per heavy atom. The molecule has 0 aliphatic carbocycles. The summed E-state index contributed by atoms with van der Waals surface area (Å²) in [7, 11) is 1.69. The predicted octanol–water partition coefficient (Wildman–Crippen LogP) is 4.56. The smallest absolute Gasteiger partial charge is 0.369 e. The zero-order chi connectivity index (χ0) is 29.5. The molecule has 0 spiro atoms. The number of benzene rings is 2. The van der Waals surface area contributed by atoms with Crippen LogP contribution in [0.1, 0.15) is 23.1 Å². The Labute approximate surface area is 241 Å². The van der Waals surface area contributed by atoms with Crippen LogP contribution < -0.4 is 5.73 Å². The van der Waals surface area contributed by atoms with E-state index in [-0.39, 0.29) is 30.2 Å². The van der Waals surface area contributed by atoms with Crippen molar-refractivity contribution < 1.29 is 27.2 Å². The number of nitrogens with zero attached hydrogens (tertiary/aromatic N) is 5. The van der Waals surface area contributed by atoms with Crippen LogP contribution in [0.2, 0.25) is 5.02 Å². The molecule has 0 bridgehead atoms. The summed E-state index contributed by atoms with van der Waals surface area (Å²) in [5.41, 5.74) is 5.74. The largest absolute Gasteiger partial charge is 0.416 e. The van der Waals surface area contributed by atoms with E-state index in [1.807, 2.05) is 0 Å². The van der Waals surface area contributed by atoms with Gasteiger partial charge in [0.15, 0.2) is 5.17 Å². The highest BCUT2D eigenvalue weighted by atomic mass is 35.5. The summed E-state index contributed by atoms with van der Waals surface area (Å²) in [6, 6.07) is 8.39. The minimum Gasteiger partial charge on any atom is -0.369 e. The van der Waals surface area contributed by atoms with E-state index < -0.39 is 35.8 Å². The summed E-state index contributed by atoms with van der Waals surface area (Å²) < 4.78 is 57.0. The van der Waals surface area contributed by atoms with Gasteiger partial charge in [0.25, 0.3) is 5.91 Å². The molecule has 3 heterocycles. The van der Waals surface area contributed by atoms with E-state index in [1.54, 1.807) is 47.3 Å². The van der Waals surface area contributed by atoms with Crippen LogP contribution in [0.5, 0.6) is 0 Å². The summed E-state index contributed by atoms with van der Waals surface area (Å²) in [6.45, 7) is 0.452. The van der Waals surface area contributed by atoms with Crippen LogP contribution in [-0.2, 0) is 22.3 Å². The number of thioether (sulfide) groups is 1. The average molecular weight is 609 g/mol. The van der Waals surface area contributed by atoms with Crippen molar-refractivity contribution in [3.63, 3.8) is 0 Å². The second kappa shape index (κ2) is 11.5. The lowest BCUT2D eigenvalue weighted by Gasteiger charge is -2.39. The molecule has 216 valence electrons. The van der Waals surface area contributed by atoms with Crippen LogP contribution in [0, 0.1) is 0 Å². The van der Waals surface area contributed by atoms with Gasteiger partial charge in [-0.25, -0.2) is 4.39 Å². The topological polar surface area (TPSA) is 96.8 Å². The summed E-state index contributed by atoms with van der Waals surface area (Å²) in [5.74, 6) is -0.959. The third-order valence-corrected chi connectivity index (χ3v) is 8.35. The normalized spacial score (nSPS) is 21.1. The maximum absolute atomic E-state index is 14.9. The van der Waals surface area contributed by atoms with Gasteiger partial charge in [-0.1, -0.05) is 23.7 Å². The Morgan fingerprint density at radius 3 is 2.76 bits per heavy atom. The van der Waals surface area contributed by atoms with Crippen molar-refractivity contribution >= 4 is 57.3 Å². The monoisotopic (exact) mass is 608 g/mol. The number of hydrogen-bond donors (Lipinski definition) is 1. The molecule has 2 amide bonds. The Kier molecular flexibility index (Phi) is 8.13. The van der Waals surface area contributed by atoms with Crippen molar-refractivity contribution in [1.82, 2.24) is 19.6 Å². The average Bonchev–Trinajstić information content (AvgIpc) is 3.46. The molecule has 1 aromatic heterocycles. The number of rotatable bonds is 6. The maximum atomic E-state index is 14.9. The van der Waals surface area contributed by atoms with Gasteiger partial charge in [0.2, 0.25) is 5.91 Å². The van der Waals surface area contributed by atoms with Crippen LogP contribution in [0.4, 0.5) is 17.6 Å². The summed E-state index contributed by atoms with van der Waals surface area (Å²) in [5, 5.41) is 5.33. The molecule has 14 heteroatoms. The van der Waals surface area contributed by atoms with Crippen molar-refractivity contribution in [2.45, 2.75) is 31.4 Å². The van der Waals surface area contributed by atoms with Gasteiger partial charge in [-0.3, -0.25) is 19.2 Å². The number of likely N-dealkylation sites (tertiary alicyclic amines) is 1. The van der Waals surface area contributed by atoms with E-state index in [4.69, 9.17) is 17.3 Å². The van der Waals surface area contributed by atoms with Crippen molar-refractivity contribution in [3.8, 4) is 0 Å². The number of primary amides is 1. The van der Waals surface area contributed by atoms with Gasteiger partial charge < -0.3 is 10.6 Å². The molecule has 0 unspecified atom stereocenters. The van der Waals surface area contributed by atoms with Crippen molar-refractivity contribution in [3.05, 3.63) is 69.2 Å². The van der Waals surface area contributed by atoms with E-state index in [9.17, 15) is 27.2 Å². The highest BCUT2D eigenvalue weighted by molar-refractivity contribution is 8.18. The number of fused-ring (bicyclic) bond motifs is 1. The van der Waals surface area contributed by atoms with Gasteiger partial charge in [0.05, 0.1) is 41.3 Å². The lowest BCUT2D eigenvalue weighted by atomic mass is 10.0. The Bertz CT molecular complexity index is 1570. The van der Waals surface area contributed by atoms with Gasteiger partial charge in [-0.05, 0) is 59.7 Å². The zero-order valence-corrected chi connectivity index (χ0v) is 23.3. The summed E-state index contributed by atoms with van der Waals surface area (Å²) >= 11 is 6.93. The second-order valence-corrected chi connectivity index (χ2v) is 11.4. The standard InChI is InChI=1S/C27H25ClF4N6O2S/c1-36(22-6-7-37(13-20(22)29)14-24(33)39)26-35-25(40)23(41-26)9-15-2-5-21-17(8-15)11-34-38(21)12-16-3-4-18(28)10-19(16)27(30,31)32/h2-5,8-11,20,22H,6-7,12-14H2,1H3,(H2,33,39)/b23-9+/t20-,22+/m1/s1. The first-order valence-electron chi connectivity index (χ1n) is 12.6. The van der Waals surface area contributed by atoms with E-state index in [0.29, 0.717) is 39.5 Å². The lowest BCUT2D eigenvalue weighted by molar-refractivity contribution is -0.138. The number of alkyl halides is 4. The minimum atomic E-state index is -4.56. The first-order chi connectivity index (χ1) is 19.4. The molecule has 0 saturated carbocycles. The number of nitrogens with two attached hydrogens (primary N) is 1. The number of halogens is 5. The zero-order valence-electron chi connectivity index (χ0n) is 21.7. The van der Waals surface area contributed by atoms with E-state index >= 15 is 0 Å². The molecular formula is C27H25ClF4N6O2S. The van der Waals surface area contributed by atoms with Gasteiger partial charge >= 0.3 is 6.18 Å². The Hall–Kier alpha value is -3.42. The van der Waals surface area contributed by atoms with Crippen LogP contribution in [0.15, 0.2) is 52.5 Å². The maximum Gasteiger partial charge on any atom is 0.416 e. The molecule has 2 aliphatic heterocycles. The van der Waals surface area contributed by atoms with Crippen LogP contribution in [0.3, 0.4) is 0 Å². The molecule has 41 heavy (non-hydrogen) atoms. The van der Waals surface area contributed by atoms with Crippen LogP contribution in [-0.4, -0.2) is 75.5 Å². The van der Waals surface area contributed by atoms with Crippen molar-refractivity contribution in [2.24, 2.45) is 10.7 Å². The van der Waals surface area contributed by atoms with E-state index in [1.165, 1.54) is 16.8 Å². The van der Waals surface area contributed by atoms with E-state index in [0.717, 1.165) is 17.8 Å². The summed E-state index contributed by atoms with van der Waals surface area (Å²) in [6.07, 6.45) is -2.16. The van der Waals surface area contributed by atoms with Crippen molar-refractivity contribution in [1.29, 1.82) is 0 Å². The van der Waals surface area contributed by atoms with Crippen LogP contribution in [0.25, 0.3) is 17.0 Å². The molecule has 8 nitrogen and oxygen atoms in total. The molecule has 2 aliphatic rings. The highest BCUT2D eigenvalue weighted by Gasteiger charge is 2.36. The summed E-state index contributed by atoms with van der Waals surface area (Å²) in [4.78, 5) is 31.6. The number of piperidine rings is 1. The van der Waals surface area contributed by atoms with Gasteiger partial charge in [-0.15, -0.1) is 0 Å². The fourth-order valence-corrected chi connectivity index (χ4v) is 6.14. The number of amidine groups is 1. The molecule has 2 N–H and O–H groups in total. The first kappa shape index (κ1) is 29.1. The Balaban J connectivity index is 1.29. The number of aliphatic imine (C=N–C) groups is 1.